The van der Waals surface area contributed by atoms with Crippen molar-refractivity contribution in [1.29, 1.82) is 0 Å². The average Bonchev–Trinajstić information content (AvgIpc) is 2.29. The Bertz CT molecular complexity index is 520. The van der Waals surface area contributed by atoms with Crippen LogP contribution in [0.1, 0.15) is 5.56 Å². The summed E-state index contributed by atoms with van der Waals surface area (Å²) in [5.41, 5.74) is 2.03. The first-order valence-electron chi connectivity index (χ1n) is 4.47. The number of benzene rings is 1. The topological polar surface area (TPSA) is 35.0 Å². The molecule has 1 aromatic heterocycles. The standard InChI is InChI=1S/C11H8N2O/c1-2-8-9-6-12-7-13-10(9)3-4-11(8)14-5-1/h1-4,6-7H,5H2. The van der Waals surface area contributed by atoms with Crippen LogP contribution in [-0.4, -0.2) is 16.6 Å². The molecule has 0 saturated heterocycles. The lowest BCUT2D eigenvalue weighted by Gasteiger charge is -2.13. The normalized spacial score (nSPS) is 13.7. The van der Waals surface area contributed by atoms with Crippen molar-refractivity contribution in [2.24, 2.45) is 0 Å². The van der Waals surface area contributed by atoms with Crippen molar-refractivity contribution in [3.63, 3.8) is 0 Å². The van der Waals surface area contributed by atoms with Gasteiger partial charge in [-0.25, -0.2) is 9.97 Å². The zero-order chi connectivity index (χ0) is 9.38. The van der Waals surface area contributed by atoms with E-state index in [9.17, 15) is 0 Å². The molecule has 3 rings (SSSR count). The lowest BCUT2D eigenvalue weighted by Crippen LogP contribution is -2.00. The van der Waals surface area contributed by atoms with Gasteiger partial charge in [-0.2, -0.15) is 0 Å². The van der Waals surface area contributed by atoms with Crippen LogP contribution in [0.4, 0.5) is 0 Å². The van der Waals surface area contributed by atoms with Crippen molar-refractivity contribution in [3.05, 3.63) is 36.3 Å². The van der Waals surface area contributed by atoms with Gasteiger partial charge < -0.3 is 4.74 Å². The van der Waals surface area contributed by atoms with E-state index in [1.165, 1.54) is 0 Å². The molecule has 0 unspecified atom stereocenters. The van der Waals surface area contributed by atoms with Gasteiger partial charge in [-0.3, -0.25) is 0 Å². The van der Waals surface area contributed by atoms with Gasteiger partial charge in [0.25, 0.3) is 0 Å². The molecule has 0 radical (unpaired) electrons. The maximum absolute atomic E-state index is 5.49. The Morgan fingerprint density at radius 2 is 2.29 bits per heavy atom. The molecule has 0 spiro atoms. The Kier molecular flexibility index (Phi) is 1.50. The average molecular weight is 184 g/mol. The lowest BCUT2D eigenvalue weighted by molar-refractivity contribution is 0.359. The summed E-state index contributed by atoms with van der Waals surface area (Å²) in [6.45, 7) is 0.645. The van der Waals surface area contributed by atoms with Crippen LogP contribution in [0.15, 0.2) is 30.7 Å². The summed E-state index contributed by atoms with van der Waals surface area (Å²) in [4.78, 5) is 8.21. The Morgan fingerprint density at radius 3 is 3.29 bits per heavy atom. The summed E-state index contributed by atoms with van der Waals surface area (Å²) in [5.74, 6) is 0.912. The van der Waals surface area contributed by atoms with E-state index in [1.807, 2.05) is 24.4 Å². The van der Waals surface area contributed by atoms with Crippen molar-refractivity contribution in [2.75, 3.05) is 6.61 Å². The molecule has 0 N–H and O–H groups in total. The van der Waals surface area contributed by atoms with Gasteiger partial charge in [-0.15, -0.1) is 0 Å². The second kappa shape index (κ2) is 2.80. The van der Waals surface area contributed by atoms with E-state index in [0.29, 0.717) is 6.61 Å². The first kappa shape index (κ1) is 7.50. The van der Waals surface area contributed by atoms with E-state index < -0.39 is 0 Å². The van der Waals surface area contributed by atoms with Crippen molar-refractivity contribution in [2.45, 2.75) is 0 Å². The quantitative estimate of drug-likeness (QED) is 0.628. The van der Waals surface area contributed by atoms with Crippen molar-refractivity contribution in [3.8, 4) is 5.75 Å². The minimum absolute atomic E-state index is 0.645. The molecular weight excluding hydrogens is 176 g/mol. The molecule has 1 aliphatic heterocycles. The Labute approximate surface area is 81.1 Å². The first-order valence-corrected chi connectivity index (χ1v) is 4.47. The van der Waals surface area contributed by atoms with Crippen LogP contribution < -0.4 is 4.74 Å². The number of hydrogen-bond donors (Lipinski definition) is 0. The molecule has 14 heavy (non-hydrogen) atoms. The van der Waals surface area contributed by atoms with Gasteiger partial charge in [0.1, 0.15) is 18.7 Å². The monoisotopic (exact) mass is 184 g/mol. The Hall–Kier alpha value is -1.90. The highest BCUT2D eigenvalue weighted by molar-refractivity contribution is 5.90. The van der Waals surface area contributed by atoms with Gasteiger partial charge in [-0.1, -0.05) is 6.08 Å². The van der Waals surface area contributed by atoms with Crippen LogP contribution in [0.3, 0.4) is 0 Å². The van der Waals surface area contributed by atoms with E-state index in [1.54, 1.807) is 6.33 Å². The Balaban J connectivity index is 2.42. The second-order valence-electron chi connectivity index (χ2n) is 3.15. The molecule has 0 fully saturated rings. The number of fused-ring (bicyclic) bond motifs is 3. The third-order valence-corrected chi connectivity index (χ3v) is 2.31. The van der Waals surface area contributed by atoms with Gasteiger partial charge in [0.05, 0.1) is 5.52 Å². The molecule has 3 nitrogen and oxygen atoms in total. The fourth-order valence-electron chi connectivity index (χ4n) is 1.66. The van der Waals surface area contributed by atoms with E-state index in [-0.39, 0.29) is 0 Å². The fourth-order valence-corrected chi connectivity index (χ4v) is 1.66. The van der Waals surface area contributed by atoms with Crippen LogP contribution in [0.25, 0.3) is 17.0 Å². The van der Waals surface area contributed by atoms with Gasteiger partial charge >= 0.3 is 0 Å². The van der Waals surface area contributed by atoms with E-state index >= 15 is 0 Å². The third-order valence-electron chi connectivity index (χ3n) is 2.31. The first-order chi connectivity index (χ1) is 6.95. The minimum Gasteiger partial charge on any atom is -0.489 e. The molecule has 0 saturated carbocycles. The SMILES string of the molecule is C1=Cc2c(ccc3ncncc23)OC1. The van der Waals surface area contributed by atoms with Crippen LogP contribution in [-0.2, 0) is 0 Å². The molecule has 1 aromatic carbocycles. The van der Waals surface area contributed by atoms with Gasteiger partial charge in [0.15, 0.2) is 0 Å². The molecular formula is C11H8N2O. The number of rotatable bonds is 0. The Morgan fingerprint density at radius 1 is 1.29 bits per heavy atom. The largest absolute Gasteiger partial charge is 0.489 e. The molecule has 2 heterocycles. The summed E-state index contributed by atoms with van der Waals surface area (Å²) in [7, 11) is 0. The van der Waals surface area contributed by atoms with Gasteiger partial charge in [0, 0.05) is 17.1 Å². The minimum atomic E-state index is 0.645. The second-order valence-corrected chi connectivity index (χ2v) is 3.15. The highest BCUT2D eigenvalue weighted by Crippen LogP contribution is 2.29. The maximum atomic E-state index is 5.49. The summed E-state index contributed by atoms with van der Waals surface area (Å²) >= 11 is 0. The van der Waals surface area contributed by atoms with Crippen LogP contribution >= 0.6 is 0 Å². The predicted octanol–water partition coefficient (Wildman–Crippen LogP) is 2.04. The maximum Gasteiger partial charge on any atom is 0.127 e. The summed E-state index contributed by atoms with van der Waals surface area (Å²) in [6.07, 6.45) is 7.43. The number of ether oxygens (including phenoxy) is 1. The lowest BCUT2D eigenvalue weighted by atomic mass is 10.1. The summed E-state index contributed by atoms with van der Waals surface area (Å²) in [5, 5.41) is 1.04. The van der Waals surface area contributed by atoms with Crippen molar-refractivity contribution >= 4 is 17.0 Å². The van der Waals surface area contributed by atoms with E-state index in [4.69, 9.17) is 4.74 Å². The molecule has 3 heteroatoms. The molecule has 0 aliphatic carbocycles. The van der Waals surface area contributed by atoms with Gasteiger partial charge in [0.2, 0.25) is 0 Å². The molecule has 0 atom stereocenters. The highest BCUT2D eigenvalue weighted by Gasteiger charge is 2.09. The van der Waals surface area contributed by atoms with E-state index in [0.717, 1.165) is 22.2 Å². The van der Waals surface area contributed by atoms with E-state index in [2.05, 4.69) is 16.0 Å². The van der Waals surface area contributed by atoms with Crippen LogP contribution in [0.5, 0.6) is 5.75 Å². The fraction of sp³-hybridized carbons (Fsp3) is 0.0909. The predicted molar refractivity (Wildman–Crippen MR) is 54.1 cm³/mol. The molecule has 68 valence electrons. The van der Waals surface area contributed by atoms with Crippen molar-refractivity contribution < 1.29 is 4.74 Å². The highest BCUT2D eigenvalue weighted by atomic mass is 16.5. The zero-order valence-corrected chi connectivity index (χ0v) is 7.47. The zero-order valence-electron chi connectivity index (χ0n) is 7.47. The number of nitrogens with zero attached hydrogens (tertiary/aromatic N) is 2. The smallest absolute Gasteiger partial charge is 0.127 e. The number of hydrogen-bond acceptors (Lipinski definition) is 3. The molecule has 2 aromatic rings. The third kappa shape index (κ3) is 0.988. The van der Waals surface area contributed by atoms with Gasteiger partial charge in [-0.05, 0) is 18.2 Å². The van der Waals surface area contributed by atoms with Crippen LogP contribution in [0.2, 0.25) is 0 Å². The summed E-state index contributed by atoms with van der Waals surface area (Å²) in [6, 6.07) is 3.91. The van der Waals surface area contributed by atoms with Crippen molar-refractivity contribution in [1.82, 2.24) is 9.97 Å². The molecule has 0 amide bonds. The molecule has 0 bridgehead atoms. The van der Waals surface area contributed by atoms with Crippen LogP contribution in [0, 0.1) is 0 Å². The summed E-state index contributed by atoms with van der Waals surface area (Å²) < 4.78 is 5.49. The molecule has 1 aliphatic rings. The number of aromatic nitrogens is 2.